The van der Waals surface area contributed by atoms with E-state index in [1.807, 2.05) is 13.8 Å². The van der Waals surface area contributed by atoms with Crippen LogP contribution in [0.1, 0.15) is 39.7 Å². The van der Waals surface area contributed by atoms with Crippen LogP contribution in [0.2, 0.25) is 10.0 Å². The highest BCUT2D eigenvalue weighted by Crippen LogP contribution is 2.35. The first kappa shape index (κ1) is 30.8. The minimum Gasteiger partial charge on any atom is -0.486 e. The first-order valence-electron chi connectivity index (χ1n) is 12.9. The van der Waals surface area contributed by atoms with Gasteiger partial charge in [0.25, 0.3) is 0 Å². The molecular formula is C27H35Cl2N3O6S. The minimum atomic E-state index is -3.89. The molecule has 1 N–H and O–H groups in total. The molecule has 0 aliphatic carbocycles. The Morgan fingerprint density at radius 3 is 2.26 bits per heavy atom. The van der Waals surface area contributed by atoms with Crippen LogP contribution in [0.25, 0.3) is 0 Å². The number of rotatable bonds is 12. The second kappa shape index (κ2) is 13.6. The van der Waals surface area contributed by atoms with Crippen molar-refractivity contribution < 1.29 is 27.5 Å². The van der Waals surface area contributed by atoms with E-state index in [9.17, 15) is 18.0 Å². The Kier molecular flexibility index (Phi) is 10.7. The van der Waals surface area contributed by atoms with Crippen molar-refractivity contribution in [2.75, 3.05) is 36.4 Å². The third-order valence-corrected chi connectivity index (χ3v) is 8.70. The van der Waals surface area contributed by atoms with Crippen LogP contribution in [0.3, 0.4) is 0 Å². The van der Waals surface area contributed by atoms with Gasteiger partial charge in [0.2, 0.25) is 21.8 Å². The van der Waals surface area contributed by atoms with Crippen LogP contribution in [0.15, 0.2) is 36.4 Å². The number of nitrogens with one attached hydrogen (secondary N) is 1. The molecule has 2 amide bonds. The number of fused-ring (bicyclic) bond motifs is 1. The van der Waals surface area contributed by atoms with Crippen LogP contribution in [-0.4, -0.2) is 63.2 Å². The smallest absolute Gasteiger partial charge is 0.244 e. The maximum atomic E-state index is 13.9. The second-order valence-corrected chi connectivity index (χ2v) is 12.5. The first-order chi connectivity index (χ1) is 18.5. The largest absolute Gasteiger partial charge is 0.486 e. The Labute approximate surface area is 240 Å². The maximum Gasteiger partial charge on any atom is 0.244 e. The maximum absolute atomic E-state index is 13.9. The summed E-state index contributed by atoms with van der Waals surface area (Å²) in [4.78, 5) is 28.5. The van der Waals surface area contributed by atoms with Crippen LogP contribution in [0, 0.1) is 5.92 Å². The molecule has 0 unspecified atom stereocenters. The van der Waals surface area contributed by atoms with Crippen molar-refractivity contribution in [3.8, 4) is 11.5 Å². The normalized spacial score (nSPS) is 13.6. The van der Waals surface area contributed by atoms with Gasteiger partial charge in [-0.05, 0) is 43.5 Å². The lowest BCUT2D eigenvalue weighted by molar-refractivity contribution is -0.140. The zero-order valence-corrected chi connectivity index (χ0v) is 24.9. The molecule has 2 aromatic carbocycles. The number of benzene rings is 2. The van der Waals surface area contributed by atoms with E-state index in [1.54, 1.807) is 37.3 Å². The monoisotopic (exact) mass is 599 g/mol. The zero-order valence-electron chi connectivity index (χ0n) is 22.6. The molecule has 0 saturated carbocycles. The number of amides is 2. The third kappa shape index (κ3) is 7.70. The summed E-state index contributed by atoms with van der Waals surface area (Å²) in [5.41, 5.74) is 0.719. The molecule has 0 aromatic heterocycles. The quantitative estimate of drug-likeness (QED) is 0.385. The van der Waals surface area contributed by atoms with Gasteiger partial charge in [-0.2, -0.15) is 0 Å². The van der Waals surface area contributed by atoms with Crippen LogP contribution < -0.4 is 19.1 Å². The molecule has 9 nitrogen and oxygen atoms in total. The molecule has 1 aliphatic rings. The number of sulfonamides is 1. The van der Waals surface area contributed by atoms with Crippen LogP contribution in [0.4, 0.5) is 5.69 Å². The molecule has 214 valence electrons. The molecular weight excluding hydrogens is 565 g/mol. The standard InChI is InChI=1S/C27H35Cl2N3O6S/c1-5-23(27(34)30-15-18(3)4)31(16-20-21(28)8-7-9-22(20)29)26(33)17-32(39(35,36)6-2)19-10-11-24-25(14-19)38-13-12-37-24/h7-11,14,18,23H,5-6,12-13,15-17H2,1-4H3,(H,30,34)/t23-/m0/s1. The summed E-state index contributed by atoms with van der Waals surface area (Å²) in [6, 6.07) is 8.82. The Morgan fingerprint density at radius 2 is 1.67 bits per heavy atom. The van der Waals surface area contributed by atoms with E-state index in [4.69, 9.17) is 32.7 Å². The van der Waals surface area contributed by atoms with E-state index in [1.165, 1.54) is 17.9 Å². The van der Waals surface area contributed by atoms with Gasteiger partial charge >= 0.3 is 0 Å². The van der Waals surface area contributed by atoms with Crippen molar-refractivity contribution in [3.63, 3.8) is 0 Å². The van der Waals surface area contributed by atoms with E-state index < -0.39 is 28.5 Å². The lowest BCUT2D eigenvalue weighted by atomic mass is 10.1. The Hall–Kier alpha value is -2.69. The summed E-state index contributed by atoms with van der Waals surface area (Å²) in [5.74, 6) is -0.0721. The third-order valence-electron chi connectivity index (χ3n) is 6.25. The molecule has 0 bridgehead atoms. The zero-order chi connectivity index (χ0) is 28.7. The van der Waals surface area contributed by atoms with Gasteiger partial charge in [0.1, 0.15) is 25.8 Å². The number of anilines is 1. The van der Waals surface area contributed by atoms with E-state index in [0.29, 0.717) is 53.3 Å². The number of hydrogen-bond donors (Lipinski definition) is 1. The molecule has 0 fully saturated rings. The van der Waals surface area contributed by atoms with E-state index in [-0.39, 0.29) is 29.8 Å². The molecule has 12 heteroatoms. The van der Waals surface area contributed by atoms with Crippen molar-refractivity contribution >= 4 is 50.7 Å². The predicted molar refractivity (Wildman–Crippen MR) is 153 cm³/mol. The van der Waals surface area contributed by atoms with E-state index >= 15 is 0 Å². The van der Waals surface area contributed by atoms with Crippen molar-refractivity contribution in [1.82, 2.24) is 10.2 Å². The van der Waals surface area contributed by atoms with Crippen molar-refractivity contribution in [2.24, 2.45) is 5.92 Å². The summed E-state index contributed by atoms with van der Waals surface area (Å²) in [5, 5.41) is 3.55. The van der Waals surface area contributed by atoms with Crippen LogP contribution >= 0.6 is 23.2 Å². The van der Waals surface area contributed by atoms with Gasteiger partial charge in [-0.1, -0.05) is 50.0 Å². The summed E-state index contributed by atoms with van der Waals surface area (Å²) in [7, 11) is -3.89. The first-order valence-corrected chi connectivity index (χ1v) is 15.2. The molecule has 0 radical (unpaired) electrons. The molecule has 39 heavy (non-hydrogen) atoms. The van der Waals surface area contributed by atoms with Crippen molar-refractivity contribution in [3.05, 3.63) is 52.0 Å². The lowest BCUT2D eigenvalue weighted by Gasteiger charge is -2.33. The SMILES string of the molecule is CC[C@@H](C(=O)NCC(C)C)N(Cc1c(Cl)cccc1Cl)C(=O)CN(c1ccc2c(c1)OCCO2)S(=O)(=O)CC. The molecule has 1 atom stereocenters. The molecule has 0 saturated heterocycles. The van der Waals surface area contributed by atoms with Gasteiger partial charge in [0.15, 0.2) is 11.5 Å². The fraction of sp³-hybridized carbons (Fsp3) is 0.481. The van der Waals surface area contributed by atoms with Crippen LogP contribution in [-0.2, 0) is 26.2 Å². The highest BCUT2D eigenvalue weighted by Gasteiger charge is 2.33. The fourth-order valence-corrected chi connectivity index (χ4v) is 5.67. The predicted octanol–water partition coefficient (Wildman–Crippen LogP) is 4.50. The highest BCUT2D eigenvalue weighted by molar-refractivity contribution is 7.92. The summed E-state index contributed by atoms with van der Waals surface area (Å²) in [6.45, 7) is 7.75. The number of carbonyl (C=O) groups excluding carboxylic acids is 2. The Morgan fingerprint density at radius 1 is 1.03 bits per heavy atom. The number of hydrogen-bond acceptors (Lipinski definition) is 6. The van der Waals surface area contributed by atoms with Crippen molar-refractivity contribution in [1.29, 1.82) is 0 Å². The number of halogens is 2. The van der Waals surface area contributed by atoms with E-state index in [2.05, 4.69) is 5.32 Å². The van der Waals surface area contributed by atoms with Gasteiger partial charge in [-0.3, -0.25) is 13.9 Å². The molecule has 1 aliphatic heterocycles. The van der Waals surface area contributed by atoms with Crippen LogP contribution in [0.5, 0.6) is 11.5 Å². The van der Waals surface area contributed by atoms with Gasteiger partial charge in [-0.15, -0.1) is 0 Å². The van der Waals surface area contributed by atoms with Gasteiger partial charge in [0.05, 0.1) is 11.4 Å². The van der Waals surface area contributed by atoms with Gasteiger partial charge < -0.3 is 19.7 Å². The second-order valence-electron chi connectivity index (χ2n) is 9.52. The fourth-order valence-electron chi connectivity index (χ4n) is 4.10. The molecule has 0 spiro atoms. The average Bonchev–Trinajstić information content (AvgIpc) is 2.91. The molecule has 3 rings (SSSR count). The lowest BCUT2D eigenvalue weighted by Crippen LogP contribution is -2.52. The molecule has 1 heterocycles. The highest BCUT2D eigenvalue weighted by atomic mass is 35.5. The van der Waals surface area contributed by atoms with E-state index in [0.717, 1.165) is 4.31 Å². The summed E-state index contributed by atoms with van der Waals surface area (Å²) < 4.78 is 38.6. The number of ether oxygens (including phenoxy) is 2. The van der Waals surface area contributed by atoms with Gasteiger partial charge in [-0.25, -0.2) is 8.42 Å². The Bertz CT molecular complexity index is 1270. The van der Waals surface area contributed by atoms with Crippen molar-refractivity contribution in [2.45, 2.75) is 46.7 Å². The molecule has 2 aromatic rings. The summed E-state index contributed by atoms with van der Waals surface area (Å²) >= 11 is 12.8. The number of nitrogens with zero attached hydrogens (tertiary/aromatic N) is 2. The minimum absolute atomic E-state index is 0.0773. The summed E-state index contributed by atoms with van der Waals surface area (Å²) in [6.07, 6.45) is 0.294. The average molecular weight is 601 g/mol. The topological polar surface area (TPSA) is 105 Å². The Balaban J connectivity index is 2.01. The number of carbonyl (C=O) groups is 2. The van der Waals surface area contributed by atoms with Gasteiger partial charge in [0, 0.05) is 34.8 Å².